The van der Waals surface area contributed by atoms with Crippen molar-refractivity contribution in [1.29, 1.82) is 0 Å². The van der Waals surface area contributed by atoms with Crippen molar-refractivity contribution in [3.63, 3.8) is 0 Å². The first-order valence-corrected chi connectivity index (χ1v) is 8.13. The number of carbonyl (C=O) groups excluding carboxylic acids is 1. The first kappa shape index (κ1) is 18.3. The van der Waals surface area contributed by atoms with E-state index in [2.05, 4.69) is 5.16 Å². The summed E-state index contributed by atoms with van der Waals surface area (Å²) >= 11 is 0. The highest BCUT2D eigenvalue weighted by Gasteiger charge is 2.16. The van der Waals surface area contributed by atoms with Crippen LogP contribution in [0.3, 0.4) is 0 Å². The molecule has 0 amide bonds. The summed E-state index contributed by atoms with van der Waals surface area (Å²) in [5, 5.41) is 3.94. The number of nitrogens with zero attached hydrogens (tertiary/aromatic N) is 1. The lowest BCUT2D eigenvalue weighted by atomic mass is 10.1. The van der Waals surface area contributed by atoms with Crippen LogP contribution in [0.2, 0.25) is 0 Å². The van der Waals surface area contributed by atoms with E-state index in [1.54, 1.807) is 31.4 Å². The fraction of sp³-hybridized carbons (Fsp3) is 0.200. The van der Waals surface area contributed by atoms with Gasteiger partial charge in [0.15, 0.2) is 5.76 Å². The predicted octanol–water partition coefficient (Wildman–Crippen LogP) is 3.72. The highest BCUT2D eigenvalue weighted by atomic mass is 16.5. The molecule has 0 unspecified atom stereocenters. The molecule has 3 rings (SSSR count). The molecule has 1 heterocycles. The second-order valence-corrected chi connectivity index (χ2v) is 5.55. The average Bonchev–Trinajstić information content (AvgIpc) is 3.20. The summed E-state index contributed by atoms with van der Waals surface area (Å²) in [4.78, 5) is 12.3. The quantitative estimate of drug-likeness (QED) is 0.587. The summed E-state index contributed by atoms with van der Waals surface area (Å²) in [6.45, 7) is -0.0202. The minimum atomic E-state index is -0.525. The Hall–Kier alpha value is -3.48. The van der Waals surface area contributed by atoms with E-state index in [0.717, 1.165) is 11.3 Å². The fourth-order valence-electron chi connectivity index (χ4n) is 2.46. The topological polar surface area (TPSA) is 80.0 Å². The summed E-state index contributed by atoms with van der Waals surface area (Å²) in [5.74, 6) is 1.76. The predicted molar refractivity (Wildman–Crippen MR) is 97.2 cm³/mol. The van der Waals surface area contributed by atoms with Crippen molar-refractivity contribution in [3.05, 3.63) is 59.8 Å². The van der Waals surface area contributed by atoms with Crippen molar-refractivity contribution in [2.24, 2.45) is 0 Å². The normalized spacial score (nSPS) is 10.3. The van der Waals surface area contributed by atoms with Crippen LogP contribution in [0, 0.1) is 0 Å². The Morgan fingerprint density at radius 2 is 1.63 bits per heavy atom. The number of esters is 1. The van der Waals surface area contributed by atoms with E-state index < -0.39 is 5.97 Å². The third-order valence-electron chi connectivity index (χ3n) is 3.91. The molecule has 7 nitrogen and oxygen atoms in total. The van der Waals surface area contributed by atoms with E-state index in [0.29, 0.717) is 28.5 Å². The largest absolute Gasteiger partial charge is 0.497 e. The van der Waals surface area contributed by atoms with Gasteiger partial charge in [0.2, 0.25) is 0 Å². The SMILES string of the molecule is COc1ccc(-c2cc(COC(=O)c3ccc(OC)cc3OC)no2)cc1. The smallest absolute Gasteiger partial charge is 0.342 e. The molecule has 7 heteroatoms. The van der Waals surface area contributed by atoms with Crippen LogP contribution in [-0.4, -0.2) is 32.5 Å². The molecular weight excluding hydrogens is 350 g/mol. The van der Waals surface area contributed by atoms with Gasteiger partial charge >= 0.3 is 5.97 Å². The van der Waals surface area contributed by atoms with Gasteiger partial charge in [-0.05, 0) is 36.4 Å². The van der Waals surface area contributed by atoms with Crippen LogP contribution in [0.5, 0.6) is 17.2 Å². The maximum atomic E-state index is 12.3. The summed E-state index contributed by atoms with van der Waals surface area (Å²) < 4.78 is 26.1. The van der Waals surface area contributed by atoms with Crippen LogP contribution in [0.1, 0.15) is 16.1 Å². The van der Waals surface area contributed by atoms with Crippen molar-refractivity contribution in [3.8, 4) is 28.6 Å². The molecule has 1 aromatic heterocycles. The van der Waals surface area contributed by atoms with Crippen LogP contribution < -0.4 is 14.2 Å². The summed E-state index contributed by atoms with van der Waals surface area (Å²) in [5.41, 5.74) is 1.65. The van der Waals surface area contributed by atoms with E-state index in [1.807, 2.05) is 24.3 Å². The lowest BCUT2D eigenvalue weighted by Gasteiger charge is -2.09. The molecule has 140 valence electrons. The zero-order valence-corrected chi connectivity index (χ0v) is 15.2. The average molecular weight is 369 g/mol. The Morgan fingerprint density at radius 1 is 0.926 bits per heavy atom. The Kier molecular flexibility index (Phi) is 5.61. The van der Waals surface area contributed by atoms with Crippen molar-refractivity contribution < 1.29 is 28.3 Å². The molecule has 0 aliphatic heterocycles. The Balaban J connectivity index is 1.66. The van der Waals surface area contributed by atoms with E-state index in [4.69, 9.17) is 23.5 Å². The first-order valence-electron chi connectivity index (χ1n) is 8.13. The number of hydrogen-bond acceptors (Lipinski definition) is 7. The van der Waals surface area contributed by atoms with E-state index in [1.165, 1.54) is 14.2 Å². The number of hydrogen-bond donors (Lipinski definition) is 0. The molecule has 0 saturated heterocycles. The summed E-state index contributed by atoms with van der Waals surface area (Å²) in [6, 6.07) is 14.0. The van der Waals surface area contributed by atoms with Crippen LogP contribution in [-0.2, 0) is 11.3 Å². The van der Waals surface area contributed by atoms with Gasteiger partial charge in [-0.3, -0.25) is 0 Å². The number of aromatic nitrogens is 1. The summed E-state index contributed by atoms with van der Waals surface area (Å²) in [7, 11) is 4.62. The first-order chi connectivity index (χ1) is 13.1. The van der Waals surface area contributed by atoms with Crippen molar-refractivity contribution >= 4 is 5.97 Å². The minimum Gasteiger partial charge on any atom is -0.497 e. The van der Waals surface area contributed by atoms with Gasteiger partial charge < -0.3 is 23.5 Å². The second-order valence-electron chi connectivity index (χ2n) is 5.55. The molecule has 0 aliphatic carbocycles. The fourth-order valence-corrected chi connectivity index (χ4v) is 2.46. The maximum Gasteiger partial charge on any atom is 0.342 e. The van der Waals surface area contributed by atoms with E-state index >= 15 is 0 Å². The van der Waals surface area contributed by atoms with Crippen molar-refractivity contribution in [2.75, 3.05) is 21.3 Å². The lowest BCUT2D eigenvalue weighted by Crippen LogP contribution is -2.07. The molecule has 0 bridgehead atoms. The van der Waals surface area contributed by atoms with Crippen molar-refractivity contribution in [1.82, 2.24) is 5.16 Å². The monoisotopic (exact) mass is 369 g/mol. The molecule has 0 N–H and O–H groups in total. The molecule has 0 saturated carbocycles. The third kappa shape index (κ3) is 4.20. The molecule has 0 radical (unpaired) electrons. The molecular formula is C20H19NO6. The molecule has 0 spiro atoms. The Labute approximate surface area is 156 Å². The molecule has 0 aliphatic rings. The zero-order chi connectivity index (χ0) is 19.2. The molecule has 0 fully saturated rings. The van der Waals surface area contributed by atoms with Crippen LogP contribution in [0.15, 0.2) is 53.1 Å². The molecule has 27 heavy (non-hydrogen) atoms. The van der Waals surface area contributed by atoms with Gasteiger partial charge in [-0.15, -0.1) is 0 Å². The highest BCUT2D eigenvalue weighted by molar-refractivity contribution is 5.92. The highest BCUT2D eigenvalue weighted by Crippen LogP contribution is 2.26. The van der Waals surface area contributed by atoms with Gasteiger partial charge in [0.05, 0.1) is 21.3 Å². The van der Waals surface area contributed by atoms with E-state index in [9.17, 15) is 4.79 Å². The third-order valence-corrected chi connectivity index (χ3v) is 3.91. The molecule has 0 atom stereocenters. The Morgan fingerprint density at radius 3 is 2.30 bits per heavy atom. The number of benzene rings is 2. The van der Waals surface area contributed by atoms with Gasteiger partial charge in [-0.25, -0.2) is 4.79 Å². The maximum absolute atomic E-state index is 12.3. The lowest BCUT2D eigenvalue weighted by molar-refractivity contribution is 0.0460. The van der Waals surface area contributed by atoms with Crippen LogP contribution in [0.25, 0.3) is 11.3 Å². The zero-order valence-electron chi connectivity index (χ0n) is 15.2. The summed E-state index contributed by atoms with van der Waals surface area (Å²) in [6.07, 6.45) is 0. The Bertz CT molecular complexity index is 916. The van der Waals surface area contributed by atoms with E-state index in [-0.39, 0.29) is 6.61 Å². The standard InChI is InChI=1S/C20H19NO6/c1-23-15-6-4-13(5-7-15)18-10-14(21-27-18)12-26-20(22)17-9-8-16(24-2)11-19(17)25-3/h4-11H,12H2,1-3H3. The second kappa shape index (κ2) is 8.27. The van der Waals surface area contributed by atoms with Gasteiger partial charge in [-0.2, -0.15) is 0 Å². The van der Waals surface area contributed by atoms with Gasteiger partial charge in [-0.1, -0.05) is 5.16 Å². The van der Waals surface area contributed by atoms with Crippen molar-refractivity contribution in [2.45, 2.75) is 6.61 Å². The number of rotatable bonds is 7. The number of methoxy groups -OCH3 is 3. The van der Waals surface area contributed by atoms with Crippen LogP contribution >= 0.6 is 0 Å². The van der Waals surface area contributed by atoms with Gasteiger partial charge in [0.1, 0.15) is 35.1 Å². The number of ether oxygens (including phenoxy) is 4. The molecule has 2 aromatic carbocycles. The van der Waals surface area contributed by atoms with Crippen LogP contribution in [0.4, 0.5) is 0 Å². The van der Waals surface area contributed by atoms with Gasteiger partial charge in [0.25, 0.3) is 0 Å². The molecule has 3 aromatic rings. The minimum absolute atomic E-state index is 0.0202. The number of carbonyl (C=O) groups is 1. The van der Waals surface area contributed by atoms with Gasteiger partial charge in [0, 0.05) is 17.7 Å².